The molecule has 2 fully saturated rings. The van der Waals surface area contributed by atoms with Gasteiger partial charge in [0.2, 0.25) is 0 Å². The molecule has 0 bridgehead atoms. The Hall–Kier alpha value is -1.43. The molecule has 0 radical (unpaired) electrons. The van der Waals surface area contributed by atoms with E-state index in [2.05, 4.69) is 57.5 Å². The number of hydrogen-bond donors (Lipinski definition) is 1. The SMILES string of the molecule is Cc1ccccc1C1CCN(CCNCc2cnc(N3CCCC3)s2)C1. The smallest absolute Gasteiger partial charge is 0.185 e. The first-order chi connectivity index (χ1) is 12.8. The first-order valence-corrected chi connectivity index (χ1v) is 10.8. The van der Waals surface area contributed by atoms with E-state index in [1.165, 1.54) is 61.0 Å². The Morgan fingerprint density at radius 2 is 2.04 bits per heavy atom. The number of nitrogens with zero attached hydrogens (tertiary/aromatic N) is 3. The van der Waals surface area contributed by atoms with Gasteiger partial charge in [0, 0.05) is 50.3 Å². The Bertz CT molecular complexity index is 708. The maximum Gasteiger partial charge on any atom is 0.185 e. The van der Waals surface area contributed by atoms with Crippen LogP contribution < -0.4 is 10.2 Å². The molecule has 0 amide bonds. The fourth-order valence-corrected chi connectivity index (χ4v) is 5.15. The third-order valence-corrected chi connectivity index (χ3v) is 6.78. The van der Waals surface area contributed by atoms with Crippen LogP contribution in [0.15, 0.2) is 30.5 Å². The molecular formula is C21H30N4S. The van der Waals surface area contributed by atoms with Gasteiger partial charge >= 0.3 is 0 Å². The predicted octanol–water partition coefficient (Wildman–Crippen LogP) is 3.63. The highest BCUT2D eigenvalue weighted by atomic mass is 32.1. The minimum absolute atomic E-state index is 0.709. The average molecular weight is 371 g/mol. The van der Waals surface area contributed by atoms with Crippen molar-refractivity contribution in [3.8, 4) is 0 Å². The van der Waals surface area contributed by atoms with Gasteiger partial charge < -0.3 is 15.1 Å². The quantitative estimate of drug-likeness (QED) is 0.754. The lowest BCUT2D eigenvalue weighted by molar-refractivity contribution is 0.331. The molecule has 4 rings (SSSR count). The van der Waals surface area contributed by atoms with Crippen LogP contribution in [0.2, 0.25) is 0 Å². The predicted molar refractivity (Wildman–Crippen MR) is 110 cm³/mol. The van der Waals surface area contributed by atoms with Crippen LogP contribution in [0.4, 0.5) is 5.13 Å². The summed E-state index contributed by atoms with van der Waals surface area (Å²) >= 11 is 1.85. The molecular weight excluding hydrogens is 340 g/mol. The molecule has 0 saturated carbocycles. The largest absolute Gasteiger partial charge is 0.348 e. The monoisotopic (exact) mass is 370 g/mol. The van der Waals surface area contributed by atoms with Crippen LogP contribution in [0.5, 0.6) is 0 Å². The van der Waals surface area contributed by atoms with E-state index in [1.807, 2.05) is 11.3 Å². The molecule has 1 atom stereocenters. The normalized spacial score (nSPS) is 21.0. The van der Waals surface area contributed by atoms with E-state index in [-0.39, 0.29) is 0 Å². The van der Waals surface area contributed by atoms with Gasteiger partial charge in [-0.15, -0.1) is 11.3 Å². The summed E-state index contributed by atoms with van der Waals surface area (Å²) in [5.74, 6) is 0.709. The molecule has 0 spiro atoms. The highest BCUT2D eigenvalue weighted by Gasteiger charge is 2.24. The molecule has 2 aliphatic rings. The van der Waals surface area contributed by atoms with E-state index < -0.39 is 0 Å². The Balaban J connectivity index is 1.18. The molecule has 1 N–H and O–H groups in total. The zero-order valence-corrected chi connectivity index (χ0v) is 16.6. The summed E-state index contributed by atoms with van der Waals surface area (Å²) in [6.07, 6.45) is 5.97. The molecule has 2 aromatic rings. The second-order valence-electron chi connectivity index (χ2n) is 7.62. The number of aryl methyl sites for hydroxylation is 1. The maximum atomic E-state index is 4.60. The molecule has 3 heterocycles. The van der Waals surface area contributed by atoms with E-state index in [9.17, 15) is 0 Å². The van der Waals surface area contributed by atoms with E-state index in [4.69, 9.17) is 0 Å². The number of nitrogens with one attached hydrogen (secondary N) is 1. The summed E-state index contributed by atoms with van der Waals surface area (Å²) in [5.41, 5.74) is 2.98. The number of benzene rings is 1. The summed E-state index contributed by atoms with van der Waals surface area (Å²) in [7, 11) is 0. The van der Waals surface area contributed by atoms with E-state index in [0.717, 1.165) is 19.6 Å². The number of anilines is 1. The zero-order valence-electron chi connectivity index (χ0n) is 15.8. The molecule has 1 aromatic heterocycles. The molecule has 5 heteroatoms. The van der Waals surface area contributed by atoms with Crippen molar-refractivity contribution in [2.45, 2.75) is 38.6 Å². The summed E-state index contributed by atoms with van der Waals surface area (Å²) in [4.78, 5) is 11.0. The fourth-order valence-electron chi connectivity index (χ4n) is 4.22. The third-order valence-electron chi connectivity index (χ3n) is 5.72. The molecule has 26 heavy (non-hydrogen) atoms. The number of hydrogen-bond acceptors (Lipinski definition) is 5. The van der Waals surface area contributed by atoms with Crippen molar-refractivity contribution in [1.29, 1.82) is 0 Å². The lowest BCUT2D eigenvalue weighted by Gasteiger charge is -2.17. The molecule has 0 aliphatic carbocycles. The van der Waals surface area contributed by atoms with Crippen molar-refractivity contribution in [3.63, 3.8) is 0 Å². The Kier molecular flexibility index (Phi) is 5.88. The van der Waals surface area contributed by atoms with Gasteiger partial charge in [-0.2, -0.15) is 0 Å². The van der Waals surface area contributed by atoms with Crippen LogP contribution in [0.25, 0.3) is 0 Å². The van der Waals surface area contributed by atoms with Crippen LogP contribution in [-0.4, -0.2) is 49.2 Å². The molecule has 4 nitrogen and oxygen atoms in total. The standard InChI is InChI=1S/C21H30N4S/c1-17-6-2-3-7-20(17)18-8-12-24(16-18)13-9-22-14-19-15-23-21(26-19)25-10-4-5-11-25/h2-3,6-7,15,18,22H,4-5,8-14,16H2,1H3. The Morgan fingerprint density at radius 3 is 2.88 bits per heavy atom. The van der Waals surface area contributed by atoms with Gasteiger partial charge in [-0.1, -0.05) is 24.3 Å². The first kappa shape index (κ1) is 18.0. The maximum absolute atomic E-state index is 4.60. The average Bonchev–Trinajstić information content (AvgIpc) is 3.39. The van der Waals surface area contributed by atoms with E-state index >= 15 is 0 Å². The van der Waals surface area contributed by atoms with Gasteiger partial charge in [-0.3, -0.25) is 0 Å². The minimum Gasteiger partial charge on any atom is -0.348 e. The van der Waals surface area contributed by atoms with Gasteiger partial charge in [0.1, 0.15) is 0 Å². The Labute approximate surface area is 161 Å². The van der Waals surface area contributed by atoms with Crippen LogP contribution >= 0.6 is 11.3 Å². The number of aromatic nitrogens is 1. The van der Waals surface area contributed by atoms with Gasteiger partial charge in [0.25, 0.3) is 0 Å². The molecule has 1 aromatic carbocycles. The zero-order chi connectivity index (χ0) is 17.8. The van der Waals surface area contributed by atoms with E-state index in [0.29, 0.717) is 5.92 Å². The van der Waals surface area contributed by atoms with Crippen molar-refractivity contribution >= 4 is 16.5 Å². The summed E-state index contributed by atoms with van der Waals surface area (Å²) in [6.45, 7) is 10.2. The lowest BCUT2D eigenvalue weighted by atomic mass is 9.94. The fraction of sp³-hybridized carbons (Fsp3) is 0.571. The summed E-state index contributed by atoms with van der Waals surface area (Å²) in [6, 6.07) is 8.87. The van der Waals surface area contributed by atoms with Crippen molar-refractivity contribution in [1.82, 2.24) is 15.2 Å². The highest BCUT2D eigenvalue weighted by Crippen LogP contribution is 2.29. The lowest BCUT2D eigenvalue weighted by Crippen LogP contribution is -2.30. The van der Waals surface area contributed by atoms with Gasteiger partial charge in [-0.05, 0) is 49.8 Å². The Morgan fingerprint density at radius 1 is 1.19 bits per heavy atom. The van der Waals surface area contributed by atoms with E-state index in [1.54, 1.807) is 5.56 Å². The van der Waals surface area contributed by atoms with Gasteiger partial charge in [0.05, 0.1) is 0 Å². The molecule has 1 unspecified atom stereocenters. The van der Waals surface area contributed by atoms with Crippen molar-refractivity contribution in [2.75, 3.05) is 44.2 Å². The summed E-state index contributed by atoms with van der Waals surface area (Å²) < 4.78 is 0. The topological polar surface area (TPSA) is 31.4 Å². The van der Waals surface area contributed by atoms with Crippen molar-refractivity contribution < 1.29 is 0 Å². The van der Waals surface area contributed by atoms with Crippen LogP contribution in [0.3, 0.4) is 0 Å². The minimum atomic E-state index is 0.709. The van der Waals surface area contributed by atoms with Gasteiger partial charge in [0.15, 0.2) is 5.13 Å². The second-order valence-corrected chi connectivity index (χ2v) is 8.72. The molecule has 2 aliphatic heterocycles. The second kappa shape index (κ2) is 8.51. The van der Waals surface area contributed by atoms with Crippen LogP contribution in [-0.2, 0) is 6.54 Å². The number of rotatable bonds is 7. The summed E-state index contributed by atoms with van der Waals surface area (Å²) in [5, 5.41) is 4.82. The number of likely N-dealkylation sites (tertiary alicyclic amines) is 1. The van der Waals surface area contributed by atoms with Crippen LogP contribution in [0, 0.1) is 6.92 Å². The van der Waals surface area contributed by atoms with Gasteiger partial charge in [-0.25, -0.2) is 4.98 Å². The third kappa shape index (κ3) is 4.27. The first-order valence-electron chi connectivity index (χ1n) is 9.98. The number of thiazole rings is 1. The highest BCUT2D eigenvalue weighted by molar-refractivity contribution is 7.15. The molecule has 2 saturated heterocycles. The van der Waals surface area contributed by atoms with Crippen LogP contribution in [0.1, 0.15) is 41.2 Å². The van der Waals surface area contributed by atoms with Crippen molar-refractivity contribution in [2.24, 2.45) is 0 Å². The van der Waals surface area contributed by atoms with Crippen molar-refractivity contribution in [3.05, 3.63) is 46.5 Å². The molecule has 140 valence electrons.